The van der Waals surface area contributed by atoms with E-state index >= 15 is 0 Å². The fourth-order valence-electron chi connectivity index (χ4n) is 4.02. The van der Waals surface area contributed by atoms with Gasteiger partial charge in [-0.25, -0.2) is 4.79 Å². The zero-order valence-corrected chi connectivity index (χ0v) is 13.9. The van der Waals surface area contributed by atoms with Crippen molar-refractivity contribution in [1.82, 2.24) is 0 Å². The maximum Gasteiger partial charge on any atom is 0.338 e. The summed E-state index contributed by atoms with van der Waals surface area (Å²) in [6.07, 6.45) is 6.72. The van der Waals surface area contributed by atoms with Crippen LogP contribution in [0.4, 0.5) is 5.69 Å². The SMILES string of the molecule is C[C@H]1CCC[C@@]2(CCC[C@H]2COC(=O)c2ccc([N+](=O)[O-])cc2)O1. The first-order valence-electron chi connectivity index (χ1n) is 8.59. The molecule has 1 saturated carbocycles. The van der Waals surface area contributed by atoms with Gasteiger partial charge in [-0.1, -0.05) is 6.42 Å². The number of ether oxygens (including phenoxy) is 2. The molecule has 2 fully saturated rings. The second kappa shape index (κ2) is 6.89. The van der Waals surface area contributed by atoms with E-state index in [2.05, 4.69) is 6.92 Å². The Morgan fingerprint density at radius 3 is 2.58 bits per heavy atom. The highest BCUT2D eigenvalue weighted by Gasteiger charge is 2.46. The molecule has 1 aromatic rings. The van der Waals surface area contributed by atoms with Crippen molar-refractivity contribution < 1.29 is 19.2 Å². The molecule has 2 aliphatic rings. The zero-order valence-electron chi connectivity index (χ0n) is 13.9. The molecule has 6 nitrogen and oxygen atoms in total. The third-order valence-corrected chi connectivity index (χ3v) is 5.27. The van der Waals surface area contributed by atoms with Crippen molar-refractivity contribution in [3.63, 3.8) is 0 Å². The van der Waals surface area contributed by atoms with Gasteiger partial charge in [-0.3, -0.25) is 10.1 Å². The summed E-state index contributed by atoms with van der Waals surface area (Å²) in [4.78, 5) is 22.4. The zero-order chi connectivity index (χ0) is 17.2. The predicted molar refractivity (Wildman–Crippen MR) is 87.8 cm³/mol. The number of rotatable bonds is 4. The number of nitro groups is 1. The lowest BCUT2D eigenvalue weighted by Gasteiger charge is -2.41. The number of carbonyl (C=O) groups excluding carboxylic acids is 1. The molecule has 1 saturated heterocycles. The van der Waals surface area contributed by atoms with Crippen LogP contribution in [0.1, 0.15) is 55.8 Å². The fourth-order valence-corrected chi connectivity index (χ4v) is 4.02. The first-order chi connectivity index (χ1) is 11.5. The second-order valence-corrected chi connectivity index (χ2v) is 6.88. The maximum absolute atomic E-state index is 12.2. The number of hydrogen-bond acceptors (Lipinski definition) is 5. The Morgan fingerprint density at radius 2 is 1.96 bits per heavy atom. The van der Waals surface area contributed by atoms with Crippen LogP contribution in [0.3, 0.4) is 0 Å². The Kier molecular flexibility index (Phi) is 4.85. The molecule has 0 bridgehead atoms. The number of esters is 1. The van der Waals surface area contributed by atoms with E-state index in [9.17, 15) is 14.9 Å². The van der Waals surface area contributed by atoms with E-state index in [4.69, 9.17) is 9.47 Å². The lowest BCUT2D eigenvalue weighted by atomic mass is 9.83. The van der Waals surface area contributed by atoms with Crippen LogP contribution in [0.2, 0.25) is 0 Å². The van der Waals surface area contributed by atoms with Gasteiger partial charge in [0, 0.05) is 18.1 Å². The van der Waals surface area contributed by atoms with E-state index < -0.39 is 10.9 Å². The van der Waals surface area contributed by atoms with Gasteiger partial charge in [0.15, 0.2) is 0 Å². The molecule has 1 aromatic carbocycles. The number of nitrogens with zero attached hydrogens (tertiary/aromatic N) is 1. The minimum atomic E-state index is -0.487. The molecule has 130 valence electrons. The van der Waals surface area contributed by atoms with Crippen LogP contribution in [0.25, 0.3) is 0 Å². The molecule has 0 N–H and O–H groups in total. The standard InChI is InChI=1S/C18H23NO5/c1-13-4-2-10-18(24-13)11-3-5-15(18)12-23-17(20)14-6-8-16(9-7-14)19(21)22/h6-9,13,15H,2-5,10-12H2,1H3/t13-,15-,18-/m0/s1. The number of hydrogen-bond donors (Lipinski definition) is 0. The van der Waals surface area contributed by atoms with Gasteiger partial charge in [-0.2, -0.15) is 0 Å². The largest absolute Gasteiger partial charge is 0.462 e. The van der Waals surface area contributed by atoms with Gasteiger partial charge in [0.25, 0.3) is 5.69 Å². The van der Waals surface area contributed by atoms with Crippen molar-refractivity contribution in [3.8, 4) is 0 Å². The van der Waals surface area contributed by atoms with Crippen LogP contribution in [0.15, 0.2) is 24.3 Å². The molecule has 3 rings (SSSR count). The highest BCUT2D eigenvalue weighted by atomic mass is 16.6. The Bertz CT molecular complexity index is 614. The van der Waals surface area contributed by atoms with Crippen LogP contribution in [-0.4, -0.2) is 29.2 Å². The van der Waals surface area contributed by atoms with Gasteiger partial charge in [-0.05, 0) is 51.2 Å². The van der Waals surface area contributed by atoms with Crippen LogP contribution >= 0.6 is 0 Å². The molecule has 6 heteroatoms. The molecule has 1 aliphatic carbocycles. The van der Waals surface area contributed by atoms with E-state index in [-0.39, 0.29) is 23.3 Å². The van der Waals surface area contributed by atoms with Gasteiger partial charge in [0.2, 0.25) is 0 Å². The number of nitro benzene ring substituents is 1. The Hall–Kier alpha value is -1.95. The summed E-state index contributed by atoms with van der Waals surface area (Å²) in [6.45, 7) is 2.46. The first kappa shape index (κ1) is 16.9. The molecular formula is C18H23NO5. The van der Waals surface area contributed by atoms with E-state index in [0.29, 0.717) is 12.2 Å². The Labute approximate surface area is 141 Å². The molecule has 24 heavy (non-hydrogen) atoms. The maximum atomic E-state index is 12.2. The van der Waals surface area contributed by atoms with Gasteiger partial charge in [0.1, 0.15) is 0 Å². The first-order valence-corrected chi connectivity index (χ1v) is 8.59. The molecular weight excluding hydrogens is 310 g/mol. The fraction of sp³-hybridized carbons (Fsp3) is 0.611. The van der Waals surface area contributed by atoms with Crippen molar-refractivity contribution in [3.05, 3.63) is 39.9 Å². The van der Waals surface area contributed by atoms with Crippen molar-refractivity contribution >= 4 is 11.7 Å². The summed E-state index contributed by atoms with van der Waals surface area (Å²) in [7, 11) is 0. The topological polar surface area (TPSA) is 78.7 Å². The van der Waals surface area contributed by atoms with Gasteiger partial charge in [-0.15, -0.1) is 0 Å². The minimum absolute atomic E-state index is 0.0362. The average molecular weight is 333 g/mol. The molecule has 0 unspecified atom stereocenters. The highest BCUT2D eigenvalue weighted by molar-refractivity contribution is 5.89. The summed E-state index contributed by atoms with van der Waals surface area (Å²) in [5.41, 5.74) is 0.171. The molecule has 1 aliphatic heterocycles. The minimum Gasteiger partial charge on any atom is -0.462 e. The molecule has 0 aromatic heterocycles. The van der Waals surface area contributed by atoms with Gasteiger partial charge >= 0.3 is 5.97 Å². The van der Waals surface area contributed by atoms with Gasteiger partial charge in [0.05, 0.1) is 28.8 Å². The van der Waals surface area contributed by atoms with Crippen molar-refractivity contribution in [2.24, 2.45) is 5.92 Å². The third kappa shape index (κ3) is 3.43. The Morgan fingerprint density at radius 1 is 1.29 bits per heavy atom. The second-order valence-electron chi connectivity index (χ2n) is 6.88. The monoisotopic (exact) mass is 333 g/mol. The molecule has 1 heterocycles. The molecule has 1 spiro atoms. The molecule has 0 radical (unpaired) electrons. The van der Waals surface area contributed by atoms with E-state index in [1.54, 1.807) is 0 Å². The van der Waals surface area contributed by atoms with E-state index in [0.717, 1.165) is 38.5 Å². The average Bonchev–Trinajstić information content (AvgIpc) is 2.94. The third-order valence-electron chi connectivity index (χ3n) is 5.27. The molecule has 3 atom stereocenters. The summed E-state index contributed by atoms with van der Waals surface area (Å²) in [5.74, 6) is -0.196. The summed E-state index contributed by atoms with van der Waals surface area (Å²) in [5, 5.41) is 10.7. The summed E-state index contributed by atoms with van der Waals surface area (Å²) in [6, 6.07) is 5.51. The van der Waals surface area contributed by atoms with E-state index in [1.807, 2.05) is 0 Å². The quantitative estimate of drug-likeness (QED) is 0.474. The highest BCUT2D eigenvalue weighted by Crippen LogP contribution is 2.46. The Balaban J connectivity index is 1.60. The summed E-state index contributed by atoms with van der Waals surface area (Å²) < 4.78 is 11.7. The van der Waals surface area contributed by atoms with Crippen LogP contribution in [-0.2, 0) is 9.47 Å². The lowest BCUT2D eigenvalue weighted by Crippen LogP contribution is -2.44. The normalized spacial score (nSPS) is 29.5. The number of non-ortho nitro benzene ring substituents is 1. The molecule has 0 amide bonds. The van der Waals surface area contributed by atoms with Crippen LogP contribution in [0.5, 0.6) is 0 Å². The van der Waals surface area contributed by atoms with Crippen LogP contribution < -0.4 is 0 Å². The number of carbonyl (C=O) groups is 1. The lowest BCUT2D eigenvalue weighted by molar-refractivity contribution is -0.384. The van der Waals surface area contributed by atoms with E-state index in [1.165, 1.54) is 24.3 Å². The van der Waals surface area contributed by atoms with Crippen molar-refractivity contribution in [2.75, 3.05) is 6.61 Å². The van der Waals surface area contributed by atoms with Crippen molar-refractivity contribution in [1.29, 1.82) is 0 Å². The van der Waals surface area contributed by atoms with Gasteiger partial charge < -0.3 is 9.47 Å². The van der Waals surface area contributed by atoms with Crippen LogP contribution in [0, 0.1) is 16.0 Å². The smallest absolute Gasteiger partial charge is 0.338 e. The number of benzene rings is 1. The van der Waals surface area contributed by atoms with Crippen molar-refractivity contribution in [2.45, 2.75) is 57.2 Å². The summed E-state index contributed by atoms with van der Waals surface area (Å²) >= 11 is 0. The predicted octanol–water partition coefficient (Wildman–Crippen LogP) is 3.88.